The number of halogens is 4. The predicted molar refractivity (Wildman–Crippen MR) is 101 cm³/mol. The fourth-order valence-electron chi connectivity index (χ4n) is 3.14. The summed E-state index contributed by atoms with van der Waals surface area (Å²) in [6.07, 6.45) is -4.62. The molecule has 0 radical (unpaired) electrons. The van der Waals surface area contributed by atoms with Crippen molar-refractivity contribution in [1.29, 1.82) is 0 Å². The number of benzene rings is 1. The van der Waals surface area contributed by atoms with Crippen molar-refractivity contribution in [1.82, 2.24) is 24.7 Å². The number of hydrogen-bond acceptors (Lipinski definition) is 6. The van der Waals surface area contributed by atoms with Crippen LogP contribution in [-0.4, -0.2) is 24.7 Å². The molecule has 4 heterocycles. The van der Waals surface area contributed by atoms with E-state index in [1.54, 1.807) is 17.0 Å². The number of rotatable bonds is 2. The third-order valence-electron chi connectivity index (χ3n) is 4.32. The number of hydrogen-bond donors (Lipinski definition) is 0. The highest BCUT2D eigenvalue weighted by atomic mass is 35.5. The lowest BCUT2D eigenvalue weighted by molar-refractivity contribution is -0.147. The van der Waals surface area contributed by atoms with Gasteiger partial charge in [0.2, 0.25) is 5.16 Å². The number of alkyl halides is 3. The molecule has 0 spiro atoms. The largest absolute Gasteiger partial charge is 0.453 e. The molecule has 5 rings (SSSR count). The summed E-state index contributed by atoms with van der Waals surface area (Å²) < 4.78 is 42.9. The Balaban J connectivity index is 1.61. The molecule has 0 saturated heterocycles. The van der Waals surface area contributed by atoms with E-state index >= 15 is 0 Å². The van der Waals surface area contributed by atoms with Gasteiger partial charge in [-0.2, -0.15) is 18.3 Å². The van der Waals surface area contributed by atoms with Gasteiger partial charge in [-0.1, -0.05) is 41.6 Å². The molecule has 2 aliphatic rings. The van der Waals surface area contributed by atoms with Gasteiger partial charge in [0.05, 0.1) is 11.4 Å². The van der Waals surface area contributed by atoms with Crippen LogP contribution in [0.1, 0.15) is 22.5 Å². The minimum Gasteiger partial charge on any atom is -0.252 e. The molecule has 144 valence electrons. The Kier molecular flexibility index (Phi) is 3.97. The van der Waals surface area contributed by atoms with Gasteiger partial charge in [-0.05, 0) is 30.8 Å². The third kappa shape index (κ3) is 2.56. The number of aryl methyl sites for hydroxylation is 1. The molecular weight excluding hydrogens is 433 g/mol. The molecule has 0 fully saturated rings. The summed E-state index contributed by atoms with van der Waals surface area (Å²) in [5.74, 6) is -1.06. The first-order valence-corrected chi connectivity index (χ1v) is 10.2. The lowest BCUT2D eigenvalue weighted by Crippen LogP contribution is -2.33. The zero-order valence-corrected chi connectivity index (χ0v) is 16.4. The van der Waals surface area contributed by atoms with Crippen LogP contribution in [0.3, 0.4) is 0 Å². The smallest absolute Gasteiger partial charge is 0.252 e. The van der Waals surface area contributed by atoms with Gasteiger partial charge in [0.15, 0.2) is 0 Å². The molecule has 0 amide bonds. The topological polar surface area (TPSA) is 51.8 Å². The molecule has 1 aromatic carbocycles. The fraction of sp³-hybridized carbons (Fsp3) is 0.188. The van der Waals surface area contributed by atoms with Crippen LogP contribution in [-0.2, 0) is 6.18 Å². The second kappa shape index (κ2) is 6.19. The zero-order valence-electron chi connectivity index (χ0n) is 14.1. The Morgan fingerprint density at radius 3 is 2.61 bits per heavy atom. The third-order valence-corrected chi connectivity index (χ3v) is 6.84. The standard InChI is InChI=1S/C16H10ClF3N6S2/c1-8-11(12(17)24(23-8)9-5-3-2-4-6-9)13-25-10(7-27-13)28-15-22-21-14(26(15)25)16(18,19)20/h2-7,13H,1H3. The van der Waals surface area contributed by atoms with E-state index in [-0.39, 0.29) is 5.16 Å². The van der Waals surface area contributed by atoms with Crippen molar-refractivity contribution >= 4 is 35.1 Å². The Morgan fingerprint density at radius 1 is 1.14 bits per heavy atom. The van der Waals surface area contributed by atoms with E-state index in [1.807, 2.05) is 30.3 Å². The number of para-hydroxylation sites is 1. The van der Waals surface area contributed by atoms with Crippen molar-refractivity contribution < 1.29 is 13.2 Å². The molecule has 2 aromatic heterocycles. The van der Waals surface area contributed by atoms with Gasteiger partial charge >= 0.3 is 6.18 Å². The van der Waals surface area contributed by atoms with Crippen molar-refractivity contribution in [3.05, 3.63) is 63.0 Å². The quantitative estimate of drug-likeness (QED) is 0.571. The average Bonchev–Trinajstić information content (AvgIpc) is 3.36. The van der Waals surface area contributed by atoms with E-state index in [2.05, 4.69) is 15.3 Å². The Labute approximate surface area is 170 Å². The van der Waals surface area contributed by atoms with E-state index in [4.69, 9.17) is 11.6 Å². The van der Waals surface area contributed by atoms with Gasteiger partial charge in [-0.3, -0.25) is 5.01 Å². The summed E-state index contributed by atoms with van der Waals surface area (Å²) in [7, 11) is 0. The first-order chi connectivity index (χ1) is 13.4. The number of fused-ring (bicyclic) bond motifs is 3. The molecular formula is C16H10ClF3N6S2. The maximum absolute atomic E-state index is 13.4. The summed E-state index contributed by atoms with van der Waals surface area (Å²) in [6.45, 7) is 1.79. The van der Waals surface area contributed by atoms with E-state index in [0.29, 0.717) is 21.4 Å². The minimum atomic E-state index is -4.62. The molecule has 1 unspecified atom stereocenters. The highest BCUT2D eigenvalue weighted by Gasteiger charge is 2.48. The summed E-state index contributed by atoms with van der Waals surface area (Å²) in [5.41, 5.74) is 2.06. The molecule has 1 atom stereocenters. The van der Waals surface area contributed by atoms with Gasteiger partial charge in [-0.25, -0.2) is 9.36 Å². The lowest BCUT2D eigenvalue weighted by Gasteiger charge is -2.26. The van der Waals surface area contributed by atoms with Crippen LogP contribution in [0.25, 0.3) is 5.69 Å². The zero-order chi connectivity index (χ0) is 19.6. The van der Waals surface area contributed by atoms with Gasteiger partial charge in [0, 0.05) is 11.0 Å². The summed E-state index contributed by atoms with van der Waals surface area (Å²) in [6, 6.07) is 9.33. The molecule has 0 saturated carbocycles. The Bertz CT molecular complexity index is 1110. The predicted octanol–water partition coefficient (Wildman–Crippen LogP) is 4.73. The molecule has 2 aliphatic heterocycles. The SMILES string of the molecule is Cc1nn(-c2ccccc2)c(Cl)c1C1SC=C2Sc3nnc(C(F)(F)F)n3N21. The van der Waals surface area contributed by atoms with Crippen LogP contribution < -0.4 is 5.01 Å². The lowest BCUT2D eigenvalue weighted by atomic mass is 10.2. The van der Waals surface area contributed by atoms with Gasteiger partial charge in [-0.15, -0.1) is 10.2 Å². The number of nitrogens with zero attached hydrogens (tertiary/aromatic N) is 6. The molecule has 28 heavy (non-hydrogen) atoms. The molecule has 0 aliphatic carbocycles. The summed E-state index contributed by atoms with van der Waals surface area (Å²) >= 11 is 9.15. The van der Waals surface area contributed by atoms with Crippen molar-refractivity contribution in [2.24, 2.45) is 0 Å². The maximum atomic E-state index is 13.4. The van der Waals surface area contributed by atoms with Crippen molar-refractivity contribution in [3.63, 3.8) is 0 Å². The average molecular weight is 443 g/mol. The van der Waals surface area contributed by atoms with Gasteiger partial charge in [0.1, 0.15) is 15.6 Å². The molecule has 0 bridgehead atoms. The van der Waals surface area contributed by atoms with Crippen LogP contribution in [0, 0.1) is 6.92 Å². The van der Waals surface area contributed by atoms with Crippen LogP contribution in [0.2, 0.25) is 5.15 Å². The molecule has 6 nitrogen and oxygen atoms in total. The van der Waals surface area contributed by atoms with E-state index in [1.165, 1.54) is 16.8 Å². The summed E-state index contributed by atoms with van der Waals surface area (Å²) in [5, 5.41) is 15.5. The fourth-order valence-corrected chi connectivity index (χ4v) is 5.91. The highest BCUT2D eigenvalue weighted by molar-refractivity contribution is 8.07. The highest BCUT2D eigenvalue weighted by Crippen LogP contribution is 2.53. The number of thioether (sulfide) groups is 2. The van der Waals surface area contributed by atoms with Gasteiger partial charge < -0.3 is 0 Å². The van der Waals surface area contributed by atoms with E-state index < -0.39 is 17.4 Å². The first kappa shape index (κ1) is 18.0. The van der Waals surface area contributed by atoms with E-state index in [0.717, 1.165) is 22.1 Å². The number of aromatic nitrogens is 5. The van der Waals surface area contributed by atoms with Crippen molar-refractivity contribution in [2.45, 2.75) is 23.6 Å². The van der Waals surface area contributed by atoms with Crippen LogP contribution in [0.4, 0.5) is 13.2 Å². The van der Waals surface area contributed by atoms with Crippen molar-refractivity contribution in [3.8, 4) is 5.69 Å². The normalized spacial score (nSPS) is 18.4. The first-order valence-electron chi connectivity index (χ1n) is 8.02. The molecule has 12 heteroatoms. The maximum Gasteiger partial charge on any atom is 0.453 e. The molecule has 0 N–H and O–H groups in total. The van der Waals surface area contributed by atoms with Crippen LogP contribution >= 0.6 is 35.1 Å². The summed E-state index contributed by atoms with van der Waals surface area (Å²) in [4.78, 5) is 0. The molecule has 3 aromatic rings. The second-order valence-corrected chi connectivity index (χ2v) is 8.34. The van der Waals surface area contributed by atoms with Crippen molar-refractivity contribution in [2.75, 3.05) is 5.01 Å². The van der Waals surface area contributed by atoms with Gasteiger partial charge in [0.25, 0.3) is 5.82 Å². The van der Waals surface area contributed by atoms with E-state index in [9.17, 15) is 13.2 Å². The minimum absolute atomic E-state index is 0.174. The monoisotopic (exact) mass is 442 g/mol. The Morgan fingerprint density at radius 2 is 1.89 bits per heavy atom. The van der Waals surface area contributed by atoms with Crippen LogP contribution in [0.5, 0.6) is 0 Å². The second-order valence-electron chi connectivity index (χ2n) is 6.04. The Hall–Kier alpha value is -2.11. The van der Waals surface area contributed by atoms with Crippen LogP contribution in [0.15, 0.2) is 45.9 Å².